The predicted octanol–water partition coefficient (Wildman–Crippen LogP) is 5.60. The van der Waals surface area contributed by atoms with Crippen molar-refractivity contribution in [1.29, 1.82) is 0 Å². The Labute approximate surface area is 153 Å². The van der Waals surface area contributed by atoms with Crippen LogP contribution in [-0.4, -0.2) is 17.7 Å². The van der Waals surface area contributed by atoms with Gasteiger partial charge in [-0.15, -0.1) is 0 Å². The van der Waals surface area contributed by atoms with Crippen LogP contribution in [0.4, 0.5) is 0 Å². The Balaban J connectivity index is 2.48. The zero-order valence-electron chi connectivity index (χ0n) is 16.3. The lowest BCUT2D eigenvalue weighted by molar-refractivity contribution is -0.168. The summed E-state index contributed by atoms with van der Waals surface area (Å²) in [6.07, 6.45) is 8.87. The highest BCUT2D eigenvalue weighted by Gasteiger charge is 2.38. The van der Waals surface area contributed by atoms with Gasteiger partial charge in [0.05, 0.1) is 6.61 Å². The molecule has 25 heavy (non-hydrogen) atoms. The molecule has 0 aliphatic carbocycles. The van der Waals surface area contributed by atoms with Crippen LogP contribution < -0.4 is 0 Å². The number of esters is 1. The second kappa shape index (κ2) is 12.1. The molecule has 0 saturated heterocycles. The van der Waals surface area contributed by atoms with E-state index in [4.69, 9.17) is 4.74 Å². The normalized spacial score (nSPS) is 13.6. The van der Waals surface area contributed by atoms with E-state index in [9.17, 15) is 9.90 Å². The smallest absolute Gasteiger partial charge is 0.342 e. The number of carbonyl (C=O) groups is 1. The summed E-state index contributed by atoms with van der Waals surface area (Å²) in [4.78, 5) is 12.6. The van der Waals surface area contributed by atoms with E-state index in [-0.39, 0.29) is 0 Å². The molecule has 142 valence electrons. The standard InChI is InChI=1S/C22H36O3/c1-4-5-12-17-22(24,20-15-10-8-11-16-20)21(23)25-18-13-7-6-9-14-19(2)3/h8,10-11,15-16,19,24H,4-7,9,12-14,17-18H2,1-3H3. The summed E-state index contributed by atoms with van der Waals surface area (Å²) in [6, 6.07) is 9.20. The average molecular weight is 349 g/mol. The molecule has 0 amide bonds. The molecule has 1 rings (SSSR count). The second-order valence-electron chi connectivity index (χ2n) is 7.42. The Kier molecular flexibility index (Phi) is 10.5. The number of benzene rings is 1. The maximum absolute atomic E-state index is 12.6. The molecule has 0 aliphatic rings. The first-order chi connectivity index (χ1) is 12.0. The van der Waals surface area contributed by atoms with Gasteiger partial charge in [0.15, 0.2) is 5.60 Å². The van der Waals surface area contributed by atoms with Gasteiger partial charge in [-0.05, 0) is 30.7 Å². The number of carbonyl (C=O) groups excluding carboxylic acids is 1. The van der Waals surface area contributed by atoms with Crippen molar-refractivity contribution in [3.8, 4) is 0 Å². The summed E-state index contributed by atoms with van der Waals surface area (Å²) in [5.74, 6) is 0.249. The topological polar surface area (TPSA) is 46.5 Å². The Bertz CT molecular complexity index is 469. The highest BCUT2D eigenvalue weighted by Crippen LogP contribution is 2.29. The second-order valence-corrected chi connectivity index (χ2v) is 7.42. The third kappa shape index (κ3) is 8.04. The number of hydrogen-bond donors (Lipinski definition) is 1. The molecule has 1 atom stereocenters. The largest absolute Gasteiger partial charge is 0.463 e. The molecule has 0 aromatic heterocycles. The fraction of sp³-hybridized carbons (Fsp3) is 0.682. The van der Waals surface area contributed by atoms with E-state index in [1.54, 1.807) is 12.1 Å². The summed E-state index contributed by atoms with van der Waals surface area (Å²) in [7, 11) is 0. The maximum Gasteiger partial charge on any atom is 0.342 e. The lowest BCUT2D eigenvalue weighted by atomic mass is 9.88. The van der Waals surface area contributed by atoms with E-state index in [0.717, 1.165) is 38.0 Å². The number of aliphatic hydroxyl groups is 1. The van der Waals surface area contributed by atoms with Crippen LogP contribution in [0.2, 0.25) is 0 Å². The quantitative estimate of drug-likeness (QED) is 0.372. The van der Waals surface area contributed by atoms with E-state index in [1.165, 1.54) is 19.3 Å². The van der Waals surface area contributed by atoms with Gasteiger partial charge >= 0.3 is 5.97 Å². The van der Waals surface area contributed by atoms with Crippen LogP contribution in [0.1, 0.15) is 84.1 Å². The zero-order valence-corrected chi connectivity index (χ0v) is 16.3. The van der Waals surface area contributed by atoms with Crippen molar-refractivity contribution in [2.45, 2.75) is 84.2 Å². The van der Waals surface area contributed by atoms with Gasteiger partial charge < -0.3 is 9.84 Å². The lowest BCUT2D eigenvalue weighted by Gasteiger charge is -2.26. The van der Waals surface area contributed by atoms with Crippen molar-refractivity contribution in [2.75, 3.05) is 6.61 Å². The number of hydrogen-bond acceptors (Lipinski definition) is 3. The minimum Gasteiger partial charge on any atom is -0.463 e. The van der Waals surface area contributed by atoms with Gasteiger partial charge in [0.25, 0.3) is 0 Å². The van der Waals surface area contributed by atoms with Crippen LogP contribution in [0.25, 0.3) is 0 Å². The molecule has 0 aliphatic heterocycles. The zero-order chi connectivity index (χ0) is 18.5. The van der Waals surface area contributed by atoms with Crippen molar-refractivity contribution in [3.05, 3.63) is 35.9 Å². The molecule has 1 aromatic carbocycles. The minimum atomic E-state index is -1.52. The molecular formula is C22H36O3. The molecular weight excluding hydrogens is 312 g/mol. The van der Waals surface area contributed by atoms with Crippen molar-refractivity contribution in [2.24, 2.45) is 5.92 Å². The fourth-order valence-electron chi connectivity index (χ4n) is 3.00. The molecule has 1 aromatic rings. The predicted molar refractivity (Wildman–Crippen MR) is 103 cm³/mol. The van der Waals surface area contributed by atoms with Crippen molar-refractivity contribution in [1.82, 2.24) is 0 Å². The summed E-state index contributed by atoms with van der Waals surface area (Å²) in [6.45, 7) is 6.98. The van der Waals surface area contributed by atoms with Gasteiger partial charge in [-0.1, -0.05) is 89.6 Å². The van der Waals surface area contributed by atoms with Crippen LogP contribution in [0, 0.1) is 5.92 Å². The number of unbranched alkanes of at least 4 members (excludes halogenated alkanes) is 5. The Hall–Kier alpha value is -1.35. The van der Waals surface area contributed by atoms with Gasteiger partial charge in [-0.2, -0.15) is 0 Å². The first-order valence-electron chi connectivity index (χ1n) is 9.95. The summed E-state index contributed by atoms with van der Waals surface area (Å²) in [5, 5.41) is 11.0. The van der Waals surface area contributed by atoms with E-state index in [2.05, 4.69) is 20.8 Å². The average Bonchev–Trinajstić information content (AvgIpc) is 2.61. The van der Waals surface area contributed by atoms with E-state index in [1.807, 2.05) is 18.2 Å². The molecule has 1 N–H and O–H groups in total. The van der Waals surface area contributed by atoms with Crippen molar-refractivity contribution < 1.29 is 14.6 Å². The van der Waals surface area contributed by atoms with Gasteiger partial charge in [0, 0.05) is 0 Å². The molecule has 1 unspecified atom stereocenters. The maximum atomic E-state index is 12.6. The lowest BCUT2D eigenvalue weighted by Crippen LogP contribution is -2.37. The van der Waals surface area contributed by atoms with Gasteiger partial charge in [-0.25, -0.2) is 4.79 Å². The van der Waals surface area contributed by atoms with Gasteiger partial charge in [-0.3, -0.25) is 0 Å². The van der Waals surface area contributed by atoms with Crippen LogP contribution in [0.3, 0.4) is 0 Å². The van der Waals surface area contributed by atoms with E-state index >= 15 is 0 Å². The van der Waals surface area contributed by atoms with Crippen molar-refractivity contribution in [3.63, 3.8) is 0 Å². The van der Waals surface area contributed by atoms with E-state index in [0.29, 0.717) is 18.6 Å². The Morgan fingerprint density at radius 1 is 1.04 bits per heavy atom. The first-order valence-corrected chi connectivity index (χ1v) is 9.95. The molecule has 0 bridgehead atoms. The van der Waals surface area contributed by atoms with Crippen LogP contribution >= 0.6 is 0 Å². The third-order valence-electron chi connectivity index (χ3n) is 4.64. The minimum absolute atomic E-state index is 0.392. The summed E-state index contributed by atoms with van der Waals surface area (Å²) < 4.78 is 5.43. The van der Waals surface area contributed by atoms with E-state index < -0.39 is 11.6 Å². The summed E-state index contributed by atoms with van der Waals surface area (Å²) >= 11 is 0. The number of rotatable bonds is 13. The van der Waals surface area contributed by atoms with Gasteiger partial charge in [0.2, 0.25) is 0 Å². The first kappa shape index (κ1) is 21.7. The molecule has 0 fully saturated rings. The fourth-order valence-corrected chi connectivity index (χ4v) is 3.00. The SMILES string of the molecule is CCCCCC(O)(C(=O)OCCCCCCC(C)C)c1ccccc1. The Morgan fingerprint density at radius 2 is 1.72 bits per heavy atom. The molecule has 0 spiro atoms. The molecule has 3 nitrogen and oxygen atoms in total. The van der Waals surface area contributed by atoms with Crippen LogP contribution in [0.5, 0.6) is 0 Å². The molecule has 0 heterocycles. The molecule has 0 saturated carbocycles. The highest BCUT2D eigenvalue weighted by molar-refractivity contribution is 5.81. The third-order valence-corrected chi connectivity index (χ3v) is 4.64. The van der Waals surface area contributed by atoms with Crippen LogP contribution in [0.15, 0.2) is 30.3 Å². The highest BCUT2D eigenvalue weighted by atomic mass is 16.5. The van der Waals surface area contributed by atoms with Gasteiger partial charge in [0.1, 0.15) is 0 Å². The summed E-state index contributed by atoms with van der Waals surface area (Å²) in [5.41, 5.74) is -0.887. The van der Waals surface area contributed by atoms with Crippen LogP contribution in [-0.2, 0) is 15.1 Å². The Morgan fingerprint density at radius 3 is 2.36 bits per heavy atom. The molecule has 0 radical (unpaired) electrons. The number of ether oxygens (including phenoxy) is 1. The van der Waals surface area contributed by atoms with Crippen molar-refractivity contribution >= 4 is 5.97 Å². The monoisotopic (exact) mass is 348 g/mol. The molecule has 3 heteroatoms.